The maximum Gasteiger partial charge on any atom is 0.329 e. The molecule has 0 bridgehead atoms. The van der Waals surface area contributed by atoms with Crippen molar-refractivity contribution in [2.75, 3.05) is 6.61 Å². The minimum absolute atomic E-state index is 0.217. The van der Waals surface area contributed by atoms with E-state index in [0.29, 0.717) is 12.8 Å². The summed E-state index contributed by atoms with van der Waals surface area (Å²) in [5.41, 5.74) is 0. The first-order valence-electron chi connectivity index (χ1n) is 8.61. The Kier molecular flexibility index (Phi) is 5.68. The fourth-order valence-electron chi connectivity index (χ4n) is 3.22. The molecule has 3 rings (SSSR count). The van der Waals surface area contributed by atoms with Crippen molar-refractivity contribution in [3.05, 3.63) is 12.3 Å². The Morgan fingerprint density at radius 1 is 1.04 bits per heavy atom. The van der Waals surface area contributed by atoms with Crippen LogP contribution in [0.25, 0.3) is 0 Å². The lowest BCUT2D eigenvalue weighted by Gasteiger charge is -2.40. The molecule has 0 saturated carbocycles. The number of carbonyl (C=O) groups is 3. The molecule has 6 atom stereocenters. The quantitative estimate of drug-likeness (QED) is 0.500. The van der Waals surface area contributed by atoms with Gasteiger partial charge in [-0.3, -0.25) is 19.1 Å². The van der Waals surface area contributed by atoms with Gasteiger partial charge in [-0.25, -0.2) is 0 Å². The molecule has 0 aliphatic carbocycles. The van der Waals surface area contributed by atoms with Gasteiger partial charge in [-0.1, -0.05) is 0 Å². The molecule has 10 nitrogen and oxygen atoms in total. The minimum Gasteiger partial charge on any atom is -0.463 e. The summed E-state index contributed by atoms with van der Waals surface area (Å²) in [7, 11) is 0. The summed E-state index contributed by atoms with van der Waals surface area (Å²) in [5.74, 6) is -3.12. The predicted octanol–water partition coefficient (Wildman–Crippen LogP) is 0.531. The zero-order valence-electron chi connectivity index (χ0n) is 15.2. The van der Waals surface area contributed by atoms with E-state index >= 15 is 0 Å². The van der Waals surface area contributed by atoms with Crippen molar-refractivity contribution in [3.8, 4) is 0 Å². The van der Waals surface area contributed by atoms with Crippen LogP contribution in [0.15, 0.2) is 12.3 Å². The molecule has 2 fully saturated rings. The number of fused-ring (bicyclic) bond motifs is 1. The molecule has 3 heterocycles. The van der Waals surface area contributed by atoms with E-state index in [1.807, 2.05) is 6.08 Å². The summed E-state index contributed by atoms with van der Waals surface area (Å²) in [6.07, 6.45) is -0.518. The van der Waals surface area contributed by atoms with Crippen LogP contribution in [0.2, 0.25) is 0 Å². The van der Waals surface area contributed by atoms with Crippen molar-refractivity contribution >= 4 is 17.9 Å². The Morgan fingerprint density at radius 3 is 2.33 bits per heavy atom. The van der Waals surface area contributed by atoms with Crippen molar-refractivity contribution in [1.82, 2.24) is 0 Å². The smallest absolute Gasteiger partial charge is 0.329 e. The van der Waals surface area contributed by atoms with Crippen LogP contribution in [-0.2, 0) is 47.5 Å². The number of esters is 3. The van der Waals surface area contributed by atoms with Crippen LogP contribution in [-0.4, -0.2) is 61.2 Å². The normalized spacial score (nSPS) is 37.2. The first-order chi connectivity index (χ1) is 12.8. The molecule has 0 aromatic carbocycles. The average Bonchev–Trinajstić information content (AvgIpc) is 2.92. The maximum absolute atomic E-state index is 11.6. The second-order valence-corrected chi connectivity index (χ2v) is 6.41. The highest BCUT2D eigenvalue weighted by Gasteiger charge is 2.61. The summed E-state index contributed by atoms with van der Waals surface area (Å²) in [6.45, 7) is 3.46. The van der Waals surface area contributed by atoms with E-state index in [1.165, 1.54) is 27.0 Å². The van der Waals surface area contributed by atoms with E-state index < -0.39 is 54.6 Å². The van der Waals surface area contributed by atoms with Crippen molar-refractivity contribution in [3.63, 3.8) is 0 Å². The third kappa shape index (κ3) is 4.40. The summed E-state index contributed by atoms with van der Waals surface area (Å²) >= 11 is 0. The lowest BCUT2D eigenvalue weighted by molar-refractivity contribution is -0.340. The molecule has 0 unspecified atom stereocenters. The summed E-state index contributed by atoms with van der Waals surface area (Å²) in [4.78, 5) is 34.4. The van der Waals surface area contributed by atoms with Crippen molar-refractivity contribution < 1.29 is 47.5 Å². The first-order valence-corrected chi connectivity index (χ1v) is 8.61. The monoisotopic (exact) mass is 386 g/mol. The molecule has 2 saturated heterocycles. The molecule has 3 aliphatic heterocycles. The third-order valence-corrected chi connectivity index (χ3v) is 4.22. The zero-order valence-corrected chi connectivity index (χ0v) is 15.2. The van der Waals surface area contributed by atoms with Gasteiger partial charge in [0.2, 0.25) is 0 Å². The Balaban J connectivity index is 1.86. The molecular weight excluding hydrogens is 364 g/mol. The molecule has 1 spiro atoms. The minimum atomic E-state index is -1.38. The highest BCUT2D eigenvalue weighted by atomic mass is 16.9. The summed E-state index contributed by atoms with van der Waals surface area (Å²) in [5, 5.41) is 0. The Labute approximate surface area is 155 Å². The van der Waals surface area contributed by atoms with E-state index in [0.717, 1.165) is 0 Å². The topological polar surface area (TPSA) is 116 Å². The molecule has 3 aliphatic rings. The van der Waals surface area contributed by atoms with Crippen LogP contribution in [0.1, 0.15) is 33.6 Å². The molecule has 0 amide bonds. The van der Waals surface area contributed by atoms with Crippen LogP contribution in [0.3, 0.4) is 0 Å². The maximum atomic E-state index is 11.6. The molecular formula is C17H22O10. The molecule has 10 heteroatoms. The van der Waals surface area contributed by atoms with E-state index in [2.05, 4.69) is 0 Å². The average molecular weight is 386 g/mol. The van der Waals surface area contributed by atoms with Crippen molar-refractivity contribution in [2.24, 2.45) is 0 Å². The van der Waals surface area contributed by atoms with Gasteiger partial charge in [-0.05, 0) is 12.5 Å². The number of rotatable bonds is 4. The van der Waals surface area contributed by atoms with E-state index in [9.17, 15) is 14.4 Å². The Bertz CT molecular complexity index is 631. The van der Waals surface area contributed by atoms with Gasteiger partial charge in [0.05, 0.1) is 6.26 Å². The standard InChI is InChI=1S/C17H22O10/c1-9(18)21-8-12-13(23-10(2)19)14(24-11(3)20)15-16(25-12)27-17(26-15)6-4-5-7-22-17/h5,7,12-16H,4,6,8H2,1-3H3/t12-,13-,14+,15+,16+,17+/m1/s1. The molecule has 0 radical (unpaired) electrons. The van der Waals surface area contributed by atoms with Crippen molar-refractivity contribution in [1.29, 1.82) is 0 Å². The highest BCUT2D eigenvalue weighted by Crippen LogP contribution is 2.42. The third-order valence-electron chi connectivity index (χ3n) is 4.22. The summed E-state index contributed by atoms with van der Waals surface area (Å²) < 4.78 is 38.7. The lowest BCUT2D eigenvalue weighted by Crippen LogP contribution is -2.60. The Morgan fingerprint density at radius 2 is 1.74 bits per heavy atom. The van der Waals surface area contributed by atoms with Gasteiger partial charge in [0.15, 0.2) is 24.6 Å². The first kappa shape index (κ1) is 19.6. The van der Waals surface area contributed by atoms with E-state index in [-0.39, 0.29) is 6.61 Å². The molecule has 0 aromatic heterocycles. The molecule has 150 valence electrons. The van der Waals surface area contributed by atoms with Crippen LogP contribution in [0, 0.1) is 0 Å². The molecule has 0 N–H and O–H groups in total. The fraction of sp³-hybridized carbons (Fsp3) is 0.706. The van der Waals surface area contributed by atoms with Gasteiger partial charge in [0.1, 0.15) is 12.7 Å². The van der Waals surface area contributed by atoms with Gasteiger partial charge in [-0.15, -0.1) is 0 Å². The highest BCUT2D eigenvalue weighted by molar-refractivity contribution is 5.67. The Hall–Kier alpha value is -2.17. The molecule has 27 heavy (non-hydrogen) atoms. The fourth-order valence-corrected chi connectivity index (χ4v) is 3.22. The van der Waals surface area contributed by atoms with Gasteiger partial charge < -0.3 is 28.4 Å². The number of carbonyl (C=O) groups excluding carboxylic acids is 3. The van der Waals surface area contributed by atoms with Crippen LogP contribution < -0.4 is 0 Å². The number of allylic oxidation sites excluding steroid dienone is 1. The van der Waals surface area contributed by atoms with Crippen LogP contribution in [0.5, 0.6) is 0 Å². The van der Waals surface area contributed by atoms with E-state index in [1.54, 1.807) is 0 Å². The summed E-state index contributed by atoms with van der Waals surface area (Å²) in [6, 6.07) is 0. The number of hydrogen-bond donors (Lipinski definition) is 0. The SMILES string of the molecule is CC(=O)OC[C@H]1O[C@H]2O[C@]3(CCC=CO3)O[C@H]2[C@@H](OC(C)=O)[C@@H]1OC(C)=O. The zero-order chi connectivity index (χ0) is 19.6. The molecule has 0 aromatic rings. The number of hydrogen-bond acceptors (Lipinski definition) is 10. The van der Waals surface area contributed by atoms with Crippen molar-refractivity contribution in [2.45, 2.75) is 70.3 Å². The largest absolute Gasteiger partial charge is 0.463 e. The second-order valence-electron chi connectivity index (χ2n) is 6.41. The van der Waals surface area contributed by atoms with Gasteiger partial charge in [0, 0.05) is 27.2 Å². The predicted molar refractivity (Wildman–Crippen MR) is 84.6 cm³/mol. The second kappa shape index (κ2) is 7.83. The van der Waals surface area contributed by atoms with Crippen LogP contribution >= 0.6 is 0 Å². The van der Waals surface area contributed by atoms with Gasteiger partial charge in [0.25, 0.3) is 0 Å². The lowest BCUT2D eigenvalue weighted by atomic mass is 9.98. The number of ether oxygens (including phenoxy) is 7. The van der Waals surface area contributed by atoms with Crippen LogP contribution in [0.4, 0.5) is 0 Å². The van der Waals surface area contributed by atoms with Gasteiger partial charge in [-0.2, -0.15) is 0 Å². The van der Waals surface area contributed by atoms with E-state index in [4.69, 9.17) is 33.2 Å². The van der Waals surface area contributed by atoms with Gasteiger partial charge >= 0.3 is 23.9 Å².